The summed E-state index contributed by atoms with van der Waals surface area (Å²) in [6.45, 7) is 1.75. The number of esters is 1. The van der Waals surface area contributed by atoms with E-state index in [0.717, 1.165) is 11.0 Å². The standard InChI is InChI=1S/C16H12Cl2N2O2/c1-10(20-9-19-13-4-2-3-5-14(13)20)16(21)22-15-7-6-11(17)8-12(15)18/h2-10H,1H3. The third-order valence-electron chi connectivity index (χ3n) is 3.34. The molecule has 0 saturated carbocycles. The molecule has 0 spiro atoms. The summed E-state index contributed by atoms with van der Waals surface area (Å²) in [7, 11) is 0. The first-order chi connectivity index (χ1) is 10.6. The summed E-state index contributed by atoms with van der Waals surface area (Å²) >= 11 is 11.8. The van der Waals surface area contributed by atoms with Crippen LogP contribution in [0.1, 0.15) is 13.0 Å². The van der Waals surface area contributed by atoms with Gasteiger partial charge in [0.05, 0.1) is 22.4 Å². The molecule has 0 saturated heterocycles. The molecule has 0 bridgehead atoms. The Bertz CT molecular complexity index is 845. The van der Waals surface area contributed by atoms with E-state index in [1.54, 1.807) is 30.0 Å². The molecule has 1 atom stereocenters. The van der Waals surface area contributed by atoms with Crippen molar-refractivity contribution < 1.29 is 9.53 Å². The fraction of sp³-hybridized carbons (Fsp3) is 0.125. The molecular formula is C16H12Cl2N2O2. The monoisotopic (exact) mass is 334 g/mol. The van der Waals surface area contributed by atoms with Crippen LogP contribution in [0.2, 0.25) is 10.0 Å². The van der Waals surface area contributed by atoms with Crippen LogP contribution in [0.15, 0.2) is 48.8 Å². The fourth-order valence-corrected chi connectivity index (χ4v) is 2.60. The second kappa shape index (κ2) is 5.99. The second-order valence-corrected chi connectivity index (χ2v) is 5.66. The number of halogens is 2. The third kappa shape index (κ3) is 2.80. The van der Waals surface area contributed by atoms with Gasteiger partial charge in [-0.1, -0.05) is 35.3 Å². The maximum Gasteiger partial charge on any atom is 0.334 e. The molecule has 2 aromatic carbocycles. The third-order valence-corrected chi connectivity index (χ3v) is 3.87. The van der Waals surface area contributed by atoms with Crippen LogP contribution < -0.4 is 4.74 Å². The largest absolute Gasteiger partial charge is 0.423 e. The SMILES string of the molecule is CC(C(=O)Oc1ccc(Cl)cc1Cl)n1cnc2ccccc21. The minimum absolute atomic E-state index is 0.285. The van der Waals surface area contributed by atoms with Crippen LogP contribution in [-0.2, 0) is 4.79 Å². The fourth-order valence-electron chi connectivity index (χ4n) is 2.15. The molecule has 1 heterocycles. The minimum Gasteiger partial charge on any atom is -0.423 e. The average Bonchev–Trinajstić information content (AvgIpc) is 2.93. The number of benzene rings is 2. The Labute approximate surface area is 137 Å². The highest BCUT2D eigenvalue weighted by atomic mass is 35.5. The number of imidazole rings is 1. The lowest BCUT2D eigenvalue weighted by Crippen LogP contribution is -2.21. The zero-order valence-electron chi connectivity index (χ0n) is 11.7. The summed E-state index contributed by atoms with van der Waals surface area (Å²) in [5, 5.41) is 0.780. The van der Waals surface area contributed by atoms with E-state index in [1.165, 1.54) is 6.07 Å². The topological polar surface area (TPSA) is 44.1 Å². The van der Waals surface area contributed by atoms with Crippen molar-refractivity contribution in [3.8, 4) is 5.75 Å². The highest BCUT2D eigenvalue weighted by Gasteiger charge is 2.20. The molecule has 6 heteroatoms. The molecule has 0 radical (unpaired) electrons. The van der Waals surface area contributed by atoms with E-state index in [-0.39, 0.29) is 5.75 Å². The predicted octanol–water partition coefficient (Wildman–Crippen LogP) is 4.51. The molecule has 4 nitrogen and oxygen atoms in total. The summed E-state index contributed by atoms with van der Waals surface area (Å²) in [5.41, 5.74) is 1.70. The maximum atomic E-state index is 12.3. The van der Waals surface area contributed by atoms with E-state index < -0.39 is 12.0 Å². The van der Waals surface area contributed by atoms with E-state index in [9.17, 15) is 4.79 Å². The number of hydrogen-bond donors (Lipinski definition) is 0. The van der Waals surface area contributed by atoms with Gasteiger partial charge in [0.2, 0.25) is 0 Å². The van der Waals surface area contributed by atoms with Gasteiger partial charge in [-0.05, 0) is 37.3 Å². The van der Waals surface area contributed by atoms with Crippen molar-refractivity contribution in [1.29, 1.82) is 0 Å². The number of nitrogens with zero attached hydrogens (tertiary/aromatic N) is 2. The molecule has 0 N–H and O–H groups in total. The van der Waals surface area contributed by atoms with E-state index in [4.69, 9.17) is 27.9 Å². The van der Waals surface area contributed by atoms with E-state index in [2.05, 4.69) is 4.98 Å². The van der Waals surface area contributed by atoms with Crippen molar-refractivity contribution in [3.05, 3.63) is 58.8 Å². The van der Waals surface area contributed by atoms with Crippen molar-refractivity contribution in [2.45, 2.75) is 13.0 Å². The van der Waals surface area contributed by atoms with Gasteiger partial charge in [0.1, 0.15) is 11.8 Å². The highest BCUT2D eigenvalue weighted by molar-refractivity contribution is 6.35. The van der Waals surface area contributed by atoms with Crippen molar-refractivity contribution >= 4 is 40.2 Å². The van der Waals surface area contributed by atoms with Crippen LogP contribution in [0, 0.1) is 0 Å². The molecular weight excluding hydrogens is 323 g/mol. The molecule has 1 aromatic heterocycles. The Morgan fingerprint density at radius 3 is 2.77 bits per heavy atom. The zero-order chi connectivity index (χ0) is 15.7. The van der Waals surface area contributed by atoms with Crippen molar-refractivity contribution in [2.24, 2.45) is 0 Å². The minimum atomic E-state index is -0.529. The number of carbonyl (C=O) groups excluding carboxylic acids is 1. The van der Waals surface area contributed by atoms with Crippen molar-refractivity contribution in [1.82, 2.24) is 9.55 Å². The summed E-state index contributed by atoms with van der Waals surface area (Å²) < 4.78 is 7.12. The molecule has 0 aliphatic rings. The first kappa shape index (κ1) is 14.9. The number of aromatic nitrogens is 2. The van der Waals surface area contributed by atoms with Gasteiger partial charge in [0.15, 0.2) is 0 Å². The Kier molecular flexibility index (Phi) is 4.05. The van der Waals surface area contributed by atoms with E-state index >= 15 is 0 Å². The normalized spacial score (nSPS) is 12.3. The molecule has 3 aromatic rings. The van der Waals surface area contributed by atoms with Gasteiger partial charge in [-0.25, -0.2) is 9.78 Å². The molecule has 0 amide bonds. The Morgan fingerprint density at radius 1 is 1.23 bits per heavy atom. The molecule has 0 aliphatic heterocycles. The summed E-state index contributed by atoms with van der Waals surface area (Å²) in [4.78, 5) is 16.6. The quantitative estimate of drug-likeness (QED) is 0.522. The molecule has 0 fully saturated rings. The molecule has 0 aliphatic carbocycles. The zero-order valence-corrected chi connectivity index (χ0v) is 13.2. The maximum absolute atomic E-state index is 12.3. The van der Waals surface area contributed by atoms with Gasteiger partial charge < -0.3 is 9.30 Å². The molecule has 22 heavy (non-hydrogen) atoms. The lowest BCUT2D eigenvalue weighted by Gasteiger charge is -2.14. The first-order valence-electron chi connectivity index (χ1n) is 6.64. The van der Waals surface area contributed by atoms with Gasteiger partial charge in [-0.2, -0.15) is 0 Å². The van der Waals surface area contributed by atoms with Crippen LogP contribution in [0.3, 0.4) is 0 Å². The van der Waals surface area contributed by atoms with Gasteiger partial charge in [-0.3, -0.25) is 0 Å². The Hall–Kier alpha value is -2.04. The van der Waals surface area contributed by atoms with Crippen LogP contribution in [0.25, 0.3) is 11.0 Å². The lowest BCUT2D eigenvalue weighted by molar-refractivity contribution is -0.137. The average molecular weight is 335 g/mol. The number of carbonyl (C=O) groups is 1. The lowest BCUT2D eigenvalue weighted by atomic mass is 10.2. The van der Waals surface area contributed by atoms with Crippen LogP contribution in [0.5, 0.6) is 5.75 Å². The number of fused-ring (bicyclic) bond motifs is 1. The van der Waals surface area contributed by atoms with Gasteiger partial charge >= 0.3 is 5.97 Å². The van der Waals surface area contributed by atoms with Crippen LogP contribution in [-0.4, -0.2) is 15.5 Å². The van der Waals surface area contributed by atoms with E-state index in [1.807, 2.05) is 24.3 Å². The number of para-hydroxylation sites is 2. The Balaban J connectivity index is 1.85. The smallest absolute Gasteiger partial charge is 0.334 e. The van der Waals surface area contributed by atoms with Crippen LogP contribution >= 0.6 is 23.2 Å². The number of ether oxygens (including phenoxy) is 1. The number of hydrogen-bond acceptors (Lipinski definition) is 3. The first-order valence-corrected chi connectivity index (χ1v) is 7.40. The van der Waals surface area contributed by atoms with Gasteiger partial charge in [-0.15, -0.1) is 0 Å². The number of rotatable bonds is 3. The summed E-state index contributed by atoms with van der Waals surface area (Å²) in [5.74, 6) is -0.139. The molecule has 112 valence electrons. The van der Waals surface area contributed by atoms with Gasteiger partial charge in [0, 0.05) is 5.02 Å². The van der Waals surface area contributed by atoms with Crippen LogP contribution in [0.4, 0.5) is 0 Å². The van der Waals surface area contributed by atoms with Crippen molar-refractivity contribution in [2.75, 3.05) is 0 Å². The molecule has 3 rings (SSSR count). The van der Waals surface area contributed by atoms with Crippen molar-refractivity contribution in [3.63, 3.8) is 0 Å². The molecule has 1 unspecified atom stereocenters. The van der Waals surface area contributed by atoms with Gasteiger partial charge in [0.25, 0.3) is 0 Å². The highest BCUT2D eigenvalue weighted by Crippen LogP contribution is 2.29. The predicted molar refractivity (Wildman–Crippen MR) is 86.5 cm³/mol. The second-order valence-electron chi connectivity index (χ2n) is 4.81. The Morgan fingerprint density at radius 2 is 2.00 bits per heavy atom. The summed E-state index contributed by atoms with van der Waals surface area (Å²) in [6, 6.07) is 11.8. The van der Waals surface area contributed by atoms with E-state index in [0.29, 0.717) is 10.0 Å². The summed E-state index contributed by atoms with van der Waals surface area (Å²) in [6.07, 6.45) is 1.63.